The van der Waals surface area contributed by atoms with Crippen molar-refractivity contribution in [2.75, 3.05) is 0 Å². The number of aldehydes is 1. The summed E-state index contributed by atoms with van der Waals surface area (Å²) in [7, 11) is 0. The van der Waals surface area contributed by atoms with Gasteiger partial charge in [-0.1, -0.05) is 17.7 Å². The van der Waals surface area contributed by atoms with E-state index in [9.17, 15) is 4.79 Å². The number of rotatable bonds is 1. The predicted molar refractivity (Wildman–Crippen MR) is 41.6 cm³/mol. The van der Waals surface area contributed by atoms with E-state index in [1.54, 1.807) is 18.2 Å². The molecule has 1 aromatic rings. The highest BCUT2D eigenvalue weighted by Crippen LogP contribution is 2.14. The SMILES string of the molecule is Cc1cc(C=O)ccc1Cl. The van der Waals surface area contributed by atoms with Crippen LogP contribution in [0, 0.1) is 6.92 Å². The lowest BCUT2D eigenvalue weighted by atomic mass is 10.2. The van der Waals surface area contributed by atoms with Gasteiger partial charge in [0.05, 0.1) is 0 Å². The van der Waals surface area contributed by atoms with Gasteiger partial charge < -0.3 is 0 Å². The second kappa shape index (κ2) is 2.84. The normalized spacial score (nSPS) is 9.40. The van der Waals surface area contributed by atoms with E-state index in [-0.39, 0.29) is 0 Å². The maximum Gasteiger partial charge on any atom is 0.150 e. The fourth-order valence-corrected chi connectivity index (χ4v) is 0.859. The zero-order valence-corrected chi connectivity index (χ0v) is 6.35. The lowest BCUT2D eigenvalue weighted by Crippen LogP contribution is -1.81. The molecule has 0 fully saturated rings. The van der Waals surface area contributed by atoms with Crippen molar-refractivity contribution in [3.05, 3.63) is 34.3 Å². The number of hydrogen-bond donors (Lipinski definition) is 0. The molecule has 0 N–H and O–H groups in total. The van der Waals surface area contributed by atoms with Crippen molar-refractivity contribution in [2.45, 2.75) is 6.92 Å². The molecule has 0 bridgehead atoms. The van der Waals surface area contributed by atoms with E-state index in [0.29, 0.717) is 10.6 Å². The van der Waals surface area contributed by atoms with Crippen molar-refractivity contribution in [3.8, 4) is 0 Å². The summed E-state index contributed by atoms with van der Waals surface area (Å²) in [5.74, 6) is 0. The molecule has 1 aromatic carbocycles. The lowest BCUT2D eigenvalue weighted by Gasteiger charge is -1.95. The van der Waals surface area contributed by atoms with E-state index in [2.05, 4.69) is 0 Å². The van der Waals surface area contributed by atoms with Crippen molar-refractivity contribution in [1.29, 1.82) is 0 Å². The first kappa shape index (κ1) is 7.29. The Hall–Kier alpha value is -0.820. The second-order valence-electron chi connectivity index (χ2n) is 2.13. The molecule has 0 saturated carbocycles. The summed E-state index contributed by atoms with van der Waals surface area (Å²) in [4.78, 5) is 10.2. The largest absolute Gasteiger partial charge is 0.298 e. The van der Waals surface area contributed by atoms with Crippen LogP contribution in [0.25, 0.3) is 0 Å². The summed E-state index contributed by atoms with van der Waals surface area (Å²) in [6.45, 7) is 1.87. The summed E-state index contributed by atoms with van der Waals surface area (Å²) in [6, 6.07) is 5.18. The van der Waals surface area contributed by atoms with Crippen molar-refractivity contribution in [2.24, 2.45) is 0 Å². The van der Waals surface area contributed by atoms with Gasteiger partial charge in [0.1, 0.15) is 6.29 Å². The Bertz CT molecular complexity index is 255. The zero-order valence-electron chi connectivity index (χ0n) is 5.60. The minimum Gasteiger partial charge on any atom is -0.298 e. The van der Waals surface area contributed by atoms with Crippen LogP contribution in [-0.4, -0.2) is 6.29 Å². The van der Waals surface area contributed by atoms with Gasteiger partial charge in [0.15, 0.2) is 0 Å². The first-order valence-corrected chi connectivity index (χ1v) is 3.33. The average molecular weight is 155 g/mol. The van der Waals surface area contributed by atoms with E-state index in [1.807, 2.05) is 6.92 Å². The van der Waals surface area contributed by atoms with Crippen LogP contribution in [-0.2, 0) is 0 Å². The Morgan fingerprint density at radius 2 is 2.20 bits per heavy atom. The second-order valence-corrected chi connectivity index (χ2v) is 2.53. The van der Waals surface area contributed by atoms with Gasteiger partial charge in [-0.05, 0) is 24.6 Å². The molecule has 0 aliphatic carbocycles. The van der Waals surface area contributed by atoms with Gasteiger partial charge in [0.2, 0.25) is 0 Å². The summed E-state index contributed by atoms with van der Waals surface area (Å²) in [6.07, 6.45) is 0.809. The van der Waals surface area contributed by atoms with Gasteiger partial charge in [0.25, 0.3) is 0 Å². The molecule has 1 rings (SSSR count). The molecule has 0 aliphatic rings. The third kappa shape index (κ3) is 1.36. The topological polar surface area (TPSA) is 17.1 Å². The monoisotopic (exact) mass is 154 g/mol. The lowest BCUT2D eigenvalue weighted by molar-refractivity contribution is 0.112. The Morgan fingerprint density at radius 3 is 2.70 bits per heavy atom. The Labute approximate surface area is 64.6 Å². The summed E-state index contributed by atoms with van der Waals surface area (Å²) >= 11 is 5.72. The third-order valence-corrected chi connectivity index (χ3v) is 1.74. The van der Waals surface area contributed by atoms with Gasteiger partial charge in [-0.3, -0.25) is 4.79 Å². The molecule has 10 heavy (non-hydrogen) atoms. The molecule has 2 heteroatoms. The number of carbonyl (C=O) groups is 1. The molecular formula is C8H7ClO. The predicted octanol–water partition coefficient (Wildman–Crippen LogP) is 2.46. The molecule has 0 unspecified atom stereocenters. The van der Waals surface area contributed by atoms with E-state index < -0.39 is 0 Å². The van der Waals surface area contributed by atoms with Crippen LogP contribution < -0.4 is 0 Å². The van der Waals surface area contributed by atoms with E-state index in [0.717, 1.165) is 11.8 Å². The number of halogens is 1. The van der Waals surface area contributed by atoms with Crippen LogP contribution in [0.3, 0.4) is 0 Å². The van der Waals surface area contributed by atoms with Crippen molar-refractivity contribution in [3.63, 3.8) is 0 Å². The Morgan fingerprint density at radius 1 is 1.50 bits per heavy atom. The summed E-state index contributed by atoms with van der Waals surface area (Å²) < 4.78 is 0. The fraction of sp³-hybridized carbons (Fsp3) is 0.125. The van der Waals surface area contributed by atoms with Gasteiger partial charge in [0, 0.05) is 10.6 Å². The van der Waals surface area contributed by atoms with Crippen LogP contribution in [0.4, 0.5) is 0 Å². The van der Waals surface area contributed by atoms with Crippen LogP contribution in [0.15, 0.2) is 18.2 Å². The Balaban J connectivity index is 3.16. The molecule has 0 saturated heterocycles. The highest BCUT2D eigenvalue weighted by molar-refractivity contribution is 6.31. The number of hydrogen-bond acceptors (Lipinski definition) is 1. The minimum absolute atomic E-state index is 0.668. The van der Waals surface area contributed by atoms with E-state index in [4.69, 9.17) is 11.6 Å². The van der Waals surface area contributed by atoms with Crippen LogP contribution in [0.2, 0.25) is 5.02 Å². The molecule has 0 aliphatic heterocycles. The molecule has 0 atom stereocenters. The molecule has 0 heterocycles. The molecular weight excluding hydrogens is 148 g/mol. The van der Waals surface area contributed by atoms with E-state index >= 15 is 0 Å². The van der Waals surface area contributed by atoms with Crippen molar-refractivity contribution in [1.82, 2.24) is 0 Å². The van der Waals surface area contributed by atoms with Crippen LogP contribution in [0.1, 0.15) is 15.9 Å². The molecule has 0 spiro atoms. The quantitative estimate of drug-likeness (QED) is 0.568. The number of benzene rings is 1. The Kier molecular flexibility index (Phi) is 2.07. The van der Waals surface area contributed by atoms with Crippen LogP contribution in [0.5, 0.6) is 0 Å². The maximum atomic E-state index is 10.2. The molecule has 52 valence electrons. The molecule has 0 radical (unpaired) electrons. The third-order valence-electron chi connectivity index (χ3n) is 1.32. The smallest absolute Gasteiger partial charge is 0.150 e. The number of carbonyl (C=O) groups excluding carboxylic acids is 1. The zero-order chi connectivity index (χ0) is 7.56. The van der Waals surface area contributed by atoms with Crippen LogP contribution >= 0.6 is 11.6 Å². The first-order chi connectivity index (χ1) is 4.74. The van der Waals surface area contributed by atoms with Crippen molar-refractivity contribution >= 4 is 17.9 Å². The van der Waals surface area contributed by atoms with Gasteiger partial charge in [-0.15, -0.1) is 0 Å². The summed E-state index contributed by atoms with van der Waals surface area (Å²) in [5.41, 5.74) is 1.60. The highest BCUT2D eigenvalue weighted by Gasteiger charge is 1.94. The van der Waals surface area contributed by atoms with E-state index in [1.165, 1.54) is 0 Å². The molecule has 0 aromatic heterocycles. The average Bonchev–Trinajstić information content (AvgIpc) is 1.95. The van der Waals surface area contributed by atoms with Crippen molar-refractivity contribution < 1.29 is 4.79 Å². The maximum absolute atomic E-state index is 10.2. The molecule has 0 amide bonds. The fourth-order valence-electron chi connectivity index (χ4n) is 0.741. The van der Waals surface area contributed by atoms with Gasteiger partial charge in [-0.25, -0.2) is 0 Å². The minimum atomic E-state index is 0.668. The first-order valence-electron chi connectivity index (χ1n) is 2.95. The highest BCUT2D eigenvalue weighted by atomic mass is 35.5. The standard InChI is InChI=1S/C8H7ClO/c1-6-4-7(5-10)2-3-8(6)9/h2-5H,1H3. The van der Waals surface area contributed by atoms with Gasteiger partial charge >= 0.3 is 0 Å². The summed E-state index contributed by atoms with van der Waals surface area (Å²) in [5, 5.41) is 0.700. The molecule has 1 nitrogen and oxygen atoms in total. The van der Waals surface area contributed by atoms with Gasteiger partial charge in [-0.2, -0.15) is 0 Å². The number of aryl methyl sites for hydroxylation is 1.